The average molecular weight is 279 g/mol. The summed E-state index contributed by atoms with van der Waals surface area (Å²) in [7, 11) is 0. The maximum absolute atomic E-state index is 10.3. The van der Waals surface area contributed by atoms with Crippen LogP contribution in [-0.4, -0.2) is 43.5 Å². The van der Waals surface area contributed by atoms with Gasteiger partial charge in [0.15, 0.2) is 0 Å². The maximum atomic E-state index is 10.3. The molecule has 0 saturated carbocycles. The number of benzene rings is 1. The summed E-state index contributed by atoms with van der Waals surface area (Å²) in [6.45, 7) is 2.74. The first kappa shape index (κ1) is 14.5. The molecule has 0 radical (unpaired) electrons. The van der Waals surface area contributed by atoms with E-state index in [2.05, 4.69) is 16.0 Å². The third-order valence-corrected chi connectivity index (χ3v) is 3.21. The van der Waals surface area contributed by atoms with Crippen molar-refractivity contribution in [2.45, 2.75) is 18.9 Å². The highest BCUT2D eigenvalue weighted by Gasteiger charge is 2.12. The average Bonchev–Trinajstić information content (AvgIpc) is 2.46. The van der Waals surface area contributed by atoms with Crippen LogP contribution in [0.2, 0.25) is 0 Å². The summed E-state index contributed by atoms with van der Waals surface area (Å²) in [5.74, 6) is 0.744. The quantitative estimate of drug-likeness (QED) is 0.593. The molecule has 6 heteroatoms. The molecule has 0 unspecified atom stereocenters. The zero-order chi connectivity index (χ0) is 14.2. The lowest BCUT2D eigenvalue weighted by Gasteiger charge is -2.24. The van der Waals surface area contributed by atoms with Gasteiger partial charge in [0.2, 0.25) is 0 Å². The van der Waals surface area contributed by atoms with Crippen molar-refractivity contribution in [3.8, 4) is 5.75 Å². The summed E-state index contributed by atoms with van der Waals surface area (Å²) >= 11 is 0. The van der Waals surface area contributed by atoms with Crippen molar-refractivity contribution in [3.05, 3.63) is 24.3 Å². The molecule has 0 spiro atoms. The third-order valence-electron chi connectivity index (χ3n) is 3.21. The molecule has 0 bridgehead atoms. The van der Waals surface area contributed by atoms with Gasteiger partial charge in [-0.3, -0.25) is 0 Å². The Bertz CT molecular complexity index is 416. The zero-order valence-electron chi connectivity index (χ0n) is 11.4. The molecule has 2 rings (SSSR count). The summed E-state index contributed by atoms with van der Waals surface area (Å²) in [6.07, 6.45) is 1.24. The van der Waals surface area contributed by atoms with E-state index in [-0.39, 0.29) is 6.54 Å². The van der Waals surface area contributed by atoms with Crippen LogP contribution in [0.4, 0.5) is 10.5 Å². The Morgan fingerprint density at radius 2 is 2.00 bits per heavy atom. The van der Waals surface area contributed by atoms with E-state index in [9.17, 15) is 4.79 Å². The molecule has 1 aromatic carbocycles. The molecule has 1 aromatic rings. The van der Waals surface area contributed by atoms with Crippen molar-refractivity contribution in [1.82, 2.24) is 10.6 Å². The number of rotatable bonds is 6. The van der Waals surface area contributed by atoms with Crippen LogP contribution in [0.3, 0.4) is 0 Å². The van der Waals surface area contributed by atoms with E-state index in [1.54, 1.807) is 0 Å². The molecule has 1 fully saturated rings. The lowest BCUT2D eigenvalue weighted by Crippen LogP contribution is -2.35. The van der Waals surface area contributed by atoms with Gasteiger partial charge in [0, 0.05) is 11.7 Å². The van der Waals surface area contributed by atoms with Crippen LogP contribution in [0.25, 0.3) is 0 Å². The fourth-order valence-corrected chi connectivity index (χ4v) is 2.18. The smallest absolute Gasteiger partial charge is 0.404 e. The summed E-state index contributed by atoms with van der Waals surface area (Å²) in [6, 6.07) is 8.29. The lowest BCUT2D eigenvalue weighted by molar-refractivity contribution is 0.191. The number of hydrogen-bond donors (Lipinski definition) is 4. The Kier molecular flexibility index (Phi) is 5.49. The highest BCUT2D eigenvalue weighted by Crippen LogP contribution is 2.18. The molecular formula is C14H21N3O3. The first-order valence-electron chi connectivity index (χ1n) is 6.91. The number of ether oxygens (including phenoxy) is 1. The van der Waals surface area contributed by atoms with Gasteiger partial charge in [-0.25, -0.2) is 4.79 Å². The number of piperidine rings is 1. The van der Waals surface area contributed by atoms with Crippen molar-refractivity contribution in [1.29, 1.82) is 0 Å². The number of amides is 1. The molecule has 6 nitrogen and oxygen atoms in total. The minimum atomic E-state index is -1.03. The second-order valence-corrected chi connectivity index (χ2v) is 4.77. The molecule has 1 aliphatic heterocycles. The summed E-state index contributed by atoms with van der Waals surface area (Å²) < 4.78 is 5.44. The van der Waals surface area contributed by atoms with Gasteiger partial charge in [0.05, 0.1) is 6.54 Å². The van der Waals surface area contributed by atoms with Crippen LogP contribution in [0.5, 0.6) is 5.75 Å². The second kappa shape index (κ2) is 7.59. The molecule has 4 N–H and O–H groups in total. The number of anilines is 1. The fraction of sp³-hybridized carbons (Fsp3) is 0.500. The highest BCUT2D eigenvalue weighted by molar-refractivity contribution is 5.64. The van der Waals surface area contributed by atoms with Gasteiger partial charge in [-0.15, -0.1) is 0 Å². The van der Waals surface area contributed by atoms with E-state index in [1.165, 1.54) is 0 Å². The fourth-order valence-electron chi connectivity index (χ4n) is 2.18. The summed E-state index contributed by atoms with van der Waals surface area (Å²) in [5.41, 5.74) is 1.09. The largest absolute Gasteiger partial charge is 0.492 e. The van der Waals surface area contributed by atoms with E-state index in [0.717, 1.165) is 37.4 Å². The molecule has 20 heavy (non-hydrogen) atoms. The van der Waals surface area contributed by atoms with Crippen LogP contribution >= 0.6 is 0 Å². The van der Waals surface area contributed by atoms with Crippen LogP contribution in [0, 0.1) is 0 Å². The molecule has 1 aliphatic rings. The zero-order valence-corrected chi connectivity index (χ0v) is 11.4. The normalized spacial score (nSPS) is 15.6. The molecule has 0 aromatic heterocycles. The minimum Gasteiger partial charge on any atom is -0.492 e. The van der Waals surface area contributed by atoms with E-state index in [4.69, 9.17) is 9.84 Å². The van der Waals surface area contributed by atoms with Crippen molar-refractivity contribution < 1.29 is 14.6 Å². The van der Waals surface area contributed by atoms with Crippen LogP contribution in [-0.2, 0) is 0 Å². The Balaban J connectivity index is 1.73. The van der Waals surface area contributed by atoms with Crippen LogP contribution in [0.1, 0.15) is 12.8 Å². The van der Waals surface area contributed by atoms with Crippen molar-refractivity contribution in [2.24, 2.45) is 0 Å². The van der Waals surface area contributed by atoms with Gasteiger partial charge >= 0.3 is 6.09 Å². The van der Waals surface area contributed by atoms with Crippen molar-refractivity contribution in [3.63, 3.8) is 0 Å². The Morgan fingerprint density at radius 1 is 1.30 bits per heavy atom. The van der Waals surface area contributed by atoms with E-state index < -0.39 is 6.09 Å². The number of hydrogen-bond acceptors (Lipinski definition) is 4. The Labute approximate surface area is 118 Å². The number of carbonyl (C=O) groups is 1. The first-order valence-corrected chi connectivity index (χ1v) is 6.91. The minimum absolute atomic E-state index is 0.282. The highest BCUT2D eigenvalue weighted by atomic mass is 16.5. The third kappa shape index (κ3) is 4.97. The van der Waals surface area contributed by atoms with Crippen molar-refractivity contribution >= 4 is 11.8 Å². The monoisotopic (exact) mass is 279 g/mol. The Morgan fingerprint density at radius 3 is 2.65 bits per heavy atom. The van der Waals surface area contributed by atoms with Gasteiger partial charge < -0.3 is 25.8 Å². The molecule has 1 saturated heterocycles. The number of nitrogens with one attached hydrogen (secondary N) is 3. The topological polar surface area (TPSA) is 82.6 Å². The van der Waals surface area contributed by atoms with Gasteiger partial charge in [-0.1, -0.05) is 0 Å². The molecule has 1 amide bonds. The maximum Gasteiger partial charge on any atom is 0.404 e. The van der Waals surface area contributed by atoms with Gasteiger partial charge in [0.25, 0.3) is 0 Å². The summed E-state index contributed by atoms with van der Waals surface area (Å²) in [5, 5.41) is 17.5. The van der Waals surface area contributed by atoms with Crippen LogP contribution in [0.15, 0.2) is 24.3 Å². The van der Waals surface area contributed by atoms with E-state index in [0.29, 0.717) is 12.6 Å². The predicted molar refractivity (Wildman–Crippen MR) is 77.5 cm³/mol. The SMILES string of the molecule is O=C(O)NCCOc1ccc(NC2CCNCC2)cc1. The first-order chi connectivity index (χ1) is 9.74. The van der Waals surface area contributed by atoms with Crippen LogP contribution < -0.4 is 20.7 Å². The molecule has 110 valence electrons. The predicted octanol–water partition coefficient (Wildman–Crippen LogP) is 1.50. The van der Waals surface area contributed by atoms with Crippen molar-refractivity contribution in [2.75, 3.05) is 31.6 Å². The van der Waals surface area contributed by atoms with Gasteiger partial charge in [-0.2, -0.15) is 0 Å². The molecule has 0 atom stereocenters. The van der Waals surface area contributed by atoms with Gasteiger partial charge in [-0.05, 0) is 50.2 Å². The summed E-state index contributed by atoms with van der Waals surface area (Å²) in [4.78, 5) is 10.3. The lowest BCUT2D eigenvalue weighted by atomic mass is 10.1. The number of carboxylic acid groups (broad SMARTS) is 1. The molecule has 1 heterocycles. The van der Waals surface area contributed by atoms with Gasteiger partial charge in [0.1, 0.15) is 12.4 Å². The molecular weight excluding hydrogens is 258 g/mol. The Hall–Kier alpha value is -1.95. The standard InChI is InChI=1S/C14H21N3O3/c18-14(19)16-9-10-20-13-3-1-11(2-4-13)17-12-5-7-15-8-6-12/h1-4,12,15-17H,5-10H2,(H,18,19). The van der Waals surface area contributed by atoms with E-state index >= 15 is 0 Å². The molecule has 0 aliphatic carbocycles. The second-order valence-electron chi connectivity index (χ2n) is 4.77. The van der Waals surface area contributed by atoms with E-state index in [1.807, 2.05) is 24.3 Å².